The van der Waals surface area contributed by atoms with Gasteiger partial charge in [0.25, 0.3) is 0 Å². The van der Waals surface area contributed by atoms with Gasteiger partial charge in [0.1, 0.15) is 11.5 Å². The van der Waals surface area contributed by atoms with Gasteiger partial charge in [-0.25, -0.2) is 4.79 Å². The van der Waals surface area contributed by atoms with E-state index >= 15 is 0 Å². The molecule has 0 aliphatic heterocycles. The summed E-state index contributed by atoms with van der Waals surface area (Å²) in [6.45, 7) is 3.26. The molecule has 1 heterocycles. The number of carbonyl (C=O) groups excluding carboxylic acids is 1. The Morgan fingerprint density at radius 3 is 1.93 bits per heavy atom. The number of aryl methyl sites for hydroxylation is 1. The van der Waals surface area contributed by atoms with Crippen molar-refractivity contribution in [1.29, 1.82) is 0 Å². The van der Waals surface area contributed by atoms with Crippen LogP contribution in [0.2, 0.25) is 0 Å². The normalized spacial score (nSPS) is 11.5. The molecule has 2 N–H and O–H groups in total. The third kappa shape index (κ3) is 9.82. The van der Waals surface area contributed by atoms with Crippen LogP contribution in [-0.4, -0.2) is 65.1 Å². The zero-order valence-corrected chi connectivity index (χ0v) is 25.7. The zero-order valence-electron chi connectivity index (χ0n) is 25.7. The lowest BCUT2D eigenvalue weighted by molar-refractivity contribution is 0.0735. The van der Waals surface area contributed by atoms with Crippen LogP contribution in [0.15, 0.2) is 66.7 Å². The van der Waals surface area contributed by atoms with E-state index in [1.54, 1.807) is 12.1 Å². The molecule has 0 unspecified atom stereocenters. The quantitative estimate of drug-likeness (QED) is 0.0650. The molecule has 0 aliphatic carbocycles. The van der Waals surface area contributed by atoms with E-state index in [1.165, 1.54) is 50.3 Å². The highest BCUT2D eigenvalue weighted by molar-refractivity contribution is 6.08. The molecule has 0 radical (unpaired) electrons. The number of esters is 1. The fourth-order valence-corrected chi connectivity index (χ4v) is 5.72. The first kappa shape index (κ1) is 32.5. The zero-order chi connectivity index (χ0) is 30.3. The van der Waals surface area contributed by atoms with Crippen molar-refractivity contribution in [2.24, 2.45) is 7.05 Å². The van der Waals surface area contributed by atoms with Crippen LogP contribution in [0.4, 0.5) is 0 Å². The van der Waals surface area contributed by atoms with Crippen molar-refractivity contribution in [3.05, 3.63) is 72.3 Å². The van der Waals surface area contributed by atoms with Gasteiger partial charge in [-0.2, -0.15) is 0 Å². The van der Waals surface area contributed by atoms with E-state index in [9.17, 15) is 4.79 Å². The molecule has 7 heteroatoms. The third-order valence-corrected chi connectivity index (χ3v) is 8.16. The fraction of sp³-hybridized carbons (Fsp3) is 0.472. The van der Waals surface area contributed by atoms with Gasteiger partial charge < -0.3 is 24.3 Å². The second-order valence-corrected chi connectivity index (χ2v) is 11.3. The van der Waals surface area contributed by atoms with Gasteiger partial charge in [0.2, 0.25) is 0 Å². The predicted molar refractivity (Wildman–Crippen MR) is 174 cm³/mol. The minimum Gasteiger partial charge on any atom is -0.494 e. The number of nitrogens with zero attached hydrogens (tertiary/aromatic N) is 2. The number of benzene rings is 3. The Labute approximate surface area is 256 Å². The highest BCUT2D eigenvalue weighted by Crippen LogP contribution is 2.31. The van der Waals surface area contributed by atoms with Crippen LogP contribution in [0, 0.1) is 0 Å². The summed E-state index contributed by atoms with van der Waals surface area (Å²) in [4.78, 5) is 14.9. The van der Waals surface area contributed by atoms with Gasteiger partial charge in [0.15, 0.2) is 0 Å². The van der Waals surface area contributed by atoms with Crippen LogP contribution in [0.25, 0.3) is 21.8 Å². The number of unbranched alkanes of at least 4 members (excludes halogenated alkanes) is 9. The predicted octanol–water partition coefficient (Wildman–Crippen LogP) is 7.12. The first-order chi connectivity index (χ1) is 21.1. The molecule has 43 heavy (non-hydrogen) atoms. The van der Waals surface area contributed by atoms with E-state index in [4.69, 9.17) is 19.7 Å². The number of ether oxygens (including phenoxy) is 2. The smallest absolute Gasteiger partial charge is 0.343 e. The Morgan fingerprint density at radius 2 is 1.26 bits per heavy atom. The minimum atomic E-state index is -0.382. The third-order valence-electron chi connectivity index (χ3n) is 8.16. The number of aromatic nitrogens is 1. The lowest BCUT2D eigenvalue weighted by atomic mass is 10.1. The molecule has 0 spiro atoms. The van der Waals surface area contributed by atoms with Crippen LogP contribution < -0.4 is 9.47 Å². The Balaban J connectivity index is 1.06. The summed E-state index contributed by atoms with van der Waals surface area (Å²) in [6.07, 6.45) is 12.2. The monoisotopic (exact) mass is 588 g/mol. The number of hydrogen-bond acceptors (Lipinski definition) is 6. The summed E-state index contributed by atoms with van der Waals surface area (Å²) in [7, 11) is 2.03. The van der Waals surface area contributed by atoms with Crippen LogP contribution in [-0.2, 0) is 7.05 Å². The van der Waals surface area contributed by atoms with Gasteiger partial charge in [-0.1, -0.05) is 69.6 Å². The number of fused-ring (bicyclic) bond motifs is 3. The van der Waals surface area contributed by atoms with Crippen LogP contribution in [0.3, 0.4) is 0 Å². The van der Waals surface area contributed by atoms with E-state index in [0.29, 0.717) is 31.0 Å². The Kier molecular flexibility index (Phi) is 13.4. The standard InChI is InChI=1S/C36H48N2O5/c1-37-34-15-11-10-14-32(34)33-21-20-31(28-35(33)37)43-36(41)29-16-18-30(19-17-29)42-27-13-9-7-5-3-2-4-6-8-12-22-38(23-25-39)24-26-40/h10-11,14-21,28,39-40H,2-9,12-13,22-27H2,1H3. The molecular formula is C36H48N2O5. The van der Waals surface area contributed by atoms with E-state index in [1.807, 2.05) is 49.5 Å². The van der Waals surface area contributed by atoms with E-state index in [0.717, 1.165) is 48.0 Å². The lowest BCUT2D eigenvalue weighted by Crippen LogP contribution is -2.30. The number of para-hydroxylation sites is 1. The largest absolute Gasteiger partial charge is 0.494 e. The second kappa shape index (κ2) is 17.7. The molecule has 7 nitrogen and oxygen atoms in total. The molecule has 0 bridgehead atoms. The molecule has 232 valence electrons. The topological polar surface area (TPSA) is 84.2 Å². The van der Waals surface area contributed by atoms with Gasteiger partial charge >= 0.3 is 5.97 Å². The molecule has 0 atom stereocenters. The van der Waals surface area contributed by atoms with E-state index in [-0.39, 0.29) is 19.2 Å². The maximum atomic E-state index is 12.8. The van der Waals surface area contributed by atoms with Crippen LogP contribution >= 0.6 is 0 Å². The minimum absolute atomic E-state index is 0.156. The van der Waals surface area contributed by atoms with Crippen molar-refractivity contribution in [2.45, 2.75) is 64.2 Å². The molecule has 4 aromatic rings. The van der Waals surface area contributed by atoms with Gasteiger partial charge in [-0.15, -0.1) is 0 Å². The number of aliphatic hydroxyl groups is 2. The molecule has 0 aliphatic rings. The average Bonchev–Trinajstić information content (AvgIpc) is 3.31. The lowest BCUT2D eigenvalue weighted by Gasteiger charge is -2.19. The maximum absolute atomic E-state index is 12.8. The molecule has 1 aromatic heterocycles. The number of rotatable bonds is 20. The molecular weight excluding hydrogens is 540 g/mol. The van der Waals surface area contributed by atoms with Crippen molar-refractivity contribution in [2.75, 3.05) is 39.5 Å². The van der Waals surface area contributed by atoms with Crippen molar-refractivity contribution in [1.82, 2.24) is 9.47 Å². The van der Waals surface area contributed by atoms with Crippen molar-refractivity contribution < 1.29 is 24.5 Å². The molecule has 4 rings (SSSR count). The Hall–Kier alpha value is -3.39. The molecule has 0 saturated heterocycles. The van der Waals surface area contributed by atoms with E-state index < -0.39 is 0 Å². The average molecular weight is 589 g/mol. The second-order valence-electron chi connectivity index (χ2n) is 11.3. The summed E-state index contributed by atoms with van der Waals surface area (Å²) in [5, 5.41) is 20.5. The van der Waals surface area contributed by atoms with Crippen LogP contribution in [0.5, 0.6) is 11.5 Å². The highest BCUT2D eigenvalue weighted by atomic mass is 16.5. The molecule has 0 fully saturated rings. The summed E-state index contributed by atoms with van der Waals surface area (Å²) in [5.41, 5.74) is 2.67. The van der Waals surface area contributed by atoms with Gasteiger partial charge in [0, 0.05) is 42.5 Å². The number of carbonyl (C=O) groups is 1. The van der Waals surface area contributed by atoms with Gasteiger partial charge in [0.05, 0.1) is 30.9 Å². The summed E-state index contributed by atoms with van der Waals surface area (Å²) < 4.78 is 13.7. The molecule has 0 amide bonds. The van der Waals surface area contributed by atoms with Gasteiger partial charge in [-0.3, -0.25) is 4.90 Å². The number of hydrogen-bond donors (Lipinski definition) is 2. The number of aliphatic hydroxyl groups excluding tert-OH is 2. The fourth-order valence-electron chi connectivity index (χ4n) is 5.72. The molecule has 0 saturated carbocycles. The van der Waals surface area contributed by atoms with E-state index in [2.05, 4.69) is 21.6 Å². The van der Waals surface area contributed by atoms with Crippen LogP contribution in [0.1, 0.15) is 74.6 Å². The Morgan fingerprint density at radius 1 is 0.674 bits per heavy atom. The maximum Gasteiger partial charge on any atom is 0.343 e. The van der Waals surface area contributed by atoms with Crippen molar-refractivity contribution >= 4 is 27.8 Å². The summed E-state index contributed by atoms with van der Waals surface area (Å²) >= 11 is 0. The highest BCUT2D eigenvalue weighted by Gasteiger charge is 2.12. The first-order valence-electron chi connectivity index (χ1n) is 16.0. The van der Waals surface area contributed by atoms with Gasteiger partial charge in [-0.05, 0) is 61.9 Å². The summed E-state index contributed by atoms with van der Waals surface area (Å²) in [5.74, 6) is 0.914. The first-order valence-corrected chi connectivity index (χ1v) is 16.0. The Bertz CT molecular complexity index is 1390. The van der Waals surface area contributed by atoms with Crippen molar-refractivity contribution in [3.8, 4) is 11.5 Å². The van der Waals surface area contributed by atoms with Crippen molar-refractivity contribution in [3.63, 3.8) is 0 Å². The summed E-state index contributed by atoms with van der Waals surface area (Å²) in [6, 6.07) is 21.2. The molecule has 3 aromatic carbocycles. The SMILES string of the molecule is Cn1c2ccccc2c2ccc(OC(=O)c3ccc(OCCCCCCCCCCCCN(CCO)CCO)cc3)cc21.